The van der Waals surface area contributed by atoms with Crippen LogP contribution in [0.4, 0.5) is 0 Å². The summed E-state index contributed by atoms with van der Waals surface area (Å²) in [5.74, 6) is 0. The van der Waals surface area contributed by atoms with Gasteiger partial charge in [0.05, 0.1) is 23.3 Å². The van der Waals surface area contributed by atoms with Gasteiger partial charge in [-0.2, -0.15) is 10.5 Å². The quantitative estimate of drug-likeness (QED) is 0.137. The molecule has 2 aromatic carbocycles. The summed E-state index contributed by atoms with van der Waals surface area (Å²) >= 11 is 3.73. The summed E-state index contributed by atoms with van der Waals surface area (Å²) in [7, 11) is 0. The van der Waals surface area contributed by atoms with Crippen molar-refractivity contribution >= 4 is 34.3 Å². The number of aryl methyl sites for hydroxylation is 1. The maximum Gasteiger partial charge on any atom is 0.0998 e. The number of rotatable bonds is 9. The van der Waals surface area contributed by atoms with Crippen molar-refractivity contribution in [1.29, 1.82) is 10.5 Å². The van der Waals surface area contributed by atoms with Crippen molar-refractivity contribution in [2.24, 2.45) is 0 Å². The van der Waals surface area contributed by atoms with Crippen LogP contribution in [0.25, 0.3) is 31.8 Å². The van der Waals surface area contributed by atoms with Crippen LogP contribution in [0.1, 0.15) is 54.2 Å². The molecule has 0 saturated heterocycles. The Morgan fingerprint density at radius 1 is 0.765 bits per heavy atom. The van der Waals surface area contributed by atoms with Gasteiger partial charge in [-0.05, 0) is 72.0 Å². The topological polar surface area (TPSA) is 47.6 Å². The molecule has 0 radical (unpaired) electrons. The van der Waals surface area contributed by atoms with Gasteiger partial charge < -0.3 is 0 Å². The fourth-order valence-corrected chi connectivity index (χ4v) is 5.96. The molecule has 0 fully saturated rings. The van der Waals surface area contributed by atoms with E-state index in [9.17, 15) is 5.26 Å². The van der Waals surface area contributed by atoms with Crippen molar-refractivity contribution in [3.8, 4) is 32.3 Å². The number of nitrogens with zero attached hydrogens (tertiary/aromatic N) is 2. The van der Waals surface area contributed by atoms with Crippen molar-refractivity contribution in [2.75, 3.05) is 0 Å². The summed E-state index contributed by atoms with van der Waals surface area (Å²) in [6, 6.07) is 28.8. The normalized spacial score (nSPS) is 11.2. The van der Waals surface area contributed by atoms with Gasteiger partial charge in [-0.1, -0.05) is 62.6 Å². The molecule has 4 aromatic rings. The molecule has 168 valence electrons. The molecule has 0 spiro atoms. The van der Waals surface area contributed by atoms with Crippen molar-refractivity contribution in [1.82, 2.24) is 0 Å². The Bertz CT molecular complexity index is 1340. The highest BCUT2D eigenvalue weighted by Gasteiger charge is 2.09. The number of unbranched alkanes of at least 4 members (excludes halogenated alkanes) is 3. The van der Waals surface area contributed by atoms with Gasteiger partial charge in [0.25, 0.3) is 0 Å². The van der Waals surface area contributed by atoms with E-state index in [4.69, 9.17) is 5.26 Å². The summed E-state index contributed by atoms with van der Waals surface area (Å²) in [4.78, 5) is 5.36. The zero-order chi connectivity index (χ0) is 23.8. The van der Waals surface area contributed by atoms with E-state index in [2.05, 4.69) is 55.5 Å². The van der Waals surface area contributed by atoms with Crippen molar-refractivity contribution in [2.45, 2.75) is 39.0 Å². The van der Waals surface area contributed by atoms with Gasteiger partial charge in [-0.15, -0.1) is 22.7 Å². The Labute approximate surface area is 210 Å². The van der Waals surface area contributed by atoms with Crippen LogP contribution in [0.2, 0.25) is 0 Å². The minimum Gasteiger partial charge on any atom is -0.192 e. The van der Waals surface area contributed by atoms with E-state index in [1.807, 2.05) is 53.0 Å². The lowest BCUT2D eigenvalue weighted by Crippen LogP contribution is -1.83. The van der Waals surface area contributed by atoms with Gasteiger partial charge in [0.15, 0.2) is 0 Å². The van der Waals surface area contributed by atoms with Crippen molar-refractivity contribution in [3.63, 3.8) is 0 Å². The second-order valence-corrected chi connectivity index (χ2v) is 10.5. The molecular formula is C30H26N2S2. The molecule has 4 rings (SSSR count). The summed E-state index contributed by atoms with van der Waals surface area (Å²) in [6.45, 7) is 2.25. The largest absolute Gasteiger partial charge is 0.192 e. The molecule has 0 bridgehead atoms. The lowest BCUT2D eigenvalue weighted by atomic mass is 10.0. The molecule has 2 nitrogen and oxygen atoms in total. The van der Waals surface area contributed by atoms with Crippen LogP contribution < -0.4 is 0 Å². The maximum absolute atomic E-state index is 9.67. The molecule has 0 N–H and O–H groups in total. The number of allylic oxidation sites excluding steroid dienone is 1. The van der Waals surface area contributed by atoms with Crippen LogP contribution in [-0.2, 0) is 6.42 Å². The lowest BCUT2D eigenvalue weighted by Gasteiger charge is -2.03. The van der Waals surface area contributed by atoms with Gasteiger partial charge in [0, 0.05) is 19.5 Å². The van der Waals surface area contributed by atoms with Crippen LogP contribution in [0.5, 0.6) is 0 Å². The molecule has 0 amide bonds. The zero-order valence-electron chi connectivity index (χ0n) is 19.3. The van der Waals surface area contributed by atoms with Crippen LogP contribution in [0.3, 0.4) is 0 Å². The predicted molar refractivity (Wildman–Crippen MR) is 146 cm³/mol. The molecule has 0 saturated carbocycles. The van der Waals surface area contributed by atoms with Crippen LogP contribution >= 0.6 is 22.7 Å². The first-order chi connectivity index (χ1) is 16.7. The standard InChI is InChI=1S/C30H26N2S2/c1-2-3-4-5-6-27-15-16-29(33-27)30-18-17-28(34-30)25-13-11-24(12-14-25)26(21-32)19-22-7-9-23(20-31)10-8-22/h7-19H,2-6H2,1H3/b26-19+. The Morgan fingerprint density at radius 3 is 2.18 bits per heavy atom. The first-order valence-electron chi connectivity index (χ1n) is 11.6. The SMILES string of the molecule is CCCCCCc1ccc(-c2ccc(-c3ccc(/C(C#N)=C/c4ccc(C#N)cc4)cc3)s2)s1. The highest BCUT2D eigenvalue weighted by atomic mass is 32.1. The third-order valence-electron chi connectivity index (χ3n) is 5.74. The highest BCUT2D eigenvalue weighted by Crippen LogP contribution is 2.38. The predicted octanol–water partition coefficient (Wildman–Crippen LogP) is 9.20. The second kappa shape index (κ2) is 11.6. The average Bonchev–Trinajstić information content (AvgIpc) is 3.56. The van der Waals surface area contributed by atoms with Crippen LogP contribution in [0.15, 0.2) is 72.8 Å². The smallest absolute Gasteiger partial charge is 0.0998 e. The molecule has 2 aromatic heterocycles. The second-order valence-electron chi connectivity index (χ2n) is 8.22. The number of hydrogen-bond donors (Lipinski definition) is 0. The molecule has 0 unspecified atom stereocenters. The monoisotopic (exact) mass is 478 g/mol. The Hall–Kier alpha value is -3.44. The van der Waals surface area contributed by atoms with Crippen LogP contribution in [0, 0.1) is 22.7 Å². The third-order valence-corrected chi connectivity index (χ3v) is 8.21. The molecule has 0 atom stereocenters. The number of benzene rings is 2. The van der Waals surface area contributed by atoms with E-state index < -0.39 is 0 Å². The fourth-order valence-electron chi connectivity index (χ4n) is 3.81. The van der Waals surface area contributed by atoms with E-state index in [0.29, 0.717) is 11.1 Å². The van der Waals surface area contributed by atoms with E-state index in [1.165, 1.54) is 51.6 Å². The number of thiophene rings is 2. The zero-order valence-corrected chi connectivity index (χ0v) is 20.9. The first-order valence-corrected chi connectivity index (χ1v) is 13.2. The van der Waals surface area contributed by atoms with Gasteiger partial charge in [-0.25, -0.2) is 0 Å². The Kier molecular flexibility index (Phi) is 8.10. The molecule has 4 heteroatoms. The van der Waals surface area contributed by atoms with Crippen molar-refractivity contribution < 1.29 is 0 Å². The number of hydrogen-bond acceptors (Lipinski definition) is 4. The summed E-state index contributed by atoms with van der Waals surface area (Å²) in [5, 5.41) is 18.6. The molecule has 0 aliphatic rings. The molecule has 2 heterocycles. The summed E-state index contributed by atoms with van der Waals surface area (Å²) in [5.41, 5.74) is 4.17. The Morgan fingerprint density at radius 2 is 1.47 bits per heavy atom. The molecule has 0 aliphatic carbocycles. The third kappa shape index (κ3) is 5.91. The minimum atomic E-state index is 0.605. The Balaban J connectivity index is 1.46. The van der Waals surface area contributed by atoms with Crippen molar-refractivity contribution in [3.05, 3.63) is 94.4 Å². The highest BCUT2D eigenvalue weighted by molar-refractivity contribution is 7.23. The lowest BCUT2D eigenvalue weighted by molar-refractivity contribution is 0.670. The van der Waals surface area contributed by atoms with Crippen LogP contribution in [-0.4, -0.2) is 0 Å². The molecule has 0 aliphatic heterocycles. The van der Waals surface area contributed by atoms with Gasteiger partial charge in [0.2, 0.25) is 0 Å². The summed E-state index contributed by atoms with van der Waals surface area (Å²) in [6.07, 6.45) is 8.24. The molecular weight excluding hydrogens is 452 g/mol. The van der Waals surface area contributed by atoms with E-state index in [1.54, 1.807) is 12.1 Å². The maximum atomic E-state index is 9.67. The van der Waals surface area contributed by atoms with E-state index >= 15 is 0 Å². The van der Waals surface area contributed by atoms with E-state index in [0.717, 1.165) is 16.7 Å². The van der Waals surface area contributed by atoms with E-state index in [-0.39, 0.29) is 0 Å². The molecule has 34 heavy (non-hydrogen) atoms. The first kappa shape index (κ1) is 23.7. The average molecular weight is 479 g/mol. The van der Waals surface area contributed by atoms with Gasteiger partial charge in [-0.3, -0.25) is 0 Å². The number of nitriles is 2. The minimum absolute atomic E-state index is 0.605. The fraction of sp³-hybridized carbons (Fsp3) is 0.200. The van der Waals surface area contributed by atoms with Gasteiger partial charge >= 0.3 is 0 Å². The van der Waals surface area contributed by atoms with Gasteiger partial charge in [0.1, 0.15) is 0 Å². The summed E-state index contributed by atoms with van der Waals surface area (Å²) < 4.78 is 0.